The van der Waals surface area contributed by atoms with Crippen molar-refractivity contribution in [3.05, 3.63) is 59.2 Å². The summed E-state index contributed by atoms with van der Waals surface area (Å²) in [6.07, 6.45) is 4.12. The van der Waals surface area contributed by atoms with Crippen molar-refractivity contribution in [3.63, 3.8) is 0 Å². The standard InChI is InChI=1S/C16H19FN2O/c1-11-4-5-13(17)8-12(11)9-15(18-2)14-6-7-19-10-16(14)20-3/h4-8,10,15,18H,9H2,1-3H3. The van der Waals surface area contributed by atoms with Gasteiger partial charge in [0.25, 0.3) is 0 Å². The van der Waals surface area contributed by atoms with Gasteiger partial charge in [-0.05, 0) is 49.7 Å². The van der Waals surface area contributed by atoms with E-state index in [0.29, 0.717) is 6.42 Å². The molecule has 0 saturated carbocycles. The molecular formula is C16H19FN2O. The molecule has 0 amide bonds. The molecule has 0 saturated heterocycles. The summed E-state index contributed by atoms with van der Waals surface area (Å²) in [5.41, 5.74) is 3.09. The minimum absolute atomic E-state index is 0.0495. The first-order chi connectivity index (χ1) is 9.65. The fraction of sp³-hybridized carbons (Fsp3) is 0.312. The summed E-state index contributed by atoms with van der Waals surface area (Å²) in [7, 11) is 3.51. The van der Waals surface area contributed by atoms with E-state index in [9.17, 15) is 4.39 Å². The number of likely N-dealkylation sites (N-methyl/N-ethyl adjacent to an activating group) is 1. The van der Waals surface area contributed by atoms with E-state index in [0.717, 1.165) is 22.4 Å². The number of nitrogens with one attached hydrogen (secondary N) is 1. The molecule has 20 heavy (non-hydrogen) atoms. The number of rotatable bonds is 5. The SMILES string of the molecule is CNC(Cc1cc(F)ccc1C)c1ccncc1OC. The maximum atomic E-state index is 13.4. The van der Waals surface area contributed by atoms with Crippen molar-refractivity contribution in [1.82, 2.24) is 10.3 Å². The van der Waals surface area contributed by atoms with Gasteiger partial charge < -0.3 is 10.1 Å². The highest BCUT2D eigenvalue weighted by molar-refractivity contribution is 5.35. The van der Waals surface area contributed by atoms with E-state index < -0.39 is 0 Å². The van der Waals surface area contributed by atoms with Crippen LogP contribution < -0.4 is 10.1 Å². The predicted octanol–water partition coefficient (Wildman–Crippen LogP) is 3.04. The second kappa shape index (κ2) is 6.48. The molecule has 2 rings (SSSR count). The predicted molar refractivity (Wildman–Crippen MR) is 77.4 cm³/mol. The fourth-order valence-corrected chi connectivity index (χ4v) is 2.30. The molecule has 1 aromatic carbocycles. The largest absolute Gasteiger partial charge is 0.495 e. The number of pyridine rings is 1. The zero-order valence-corrected chi connectivity index (χ0v) is 12.0. The molecule has 0 fully saturated rings. The molecular weight excluding hydrogens is 255 g/mol. The van der Waals surface area contributed by atoms with Crippen LogP contribution >= 0.6 is 0 Å². The molecule has 0 bridgehead atoms. The molecule has 1 heterocycles. The Labute approximate surface area is 118 Å². The quantitative estimate of drug-likeness (QED) is 0.910. The molecule has 1 atom stereocenters. The van der Waals surface area contributed by atoms with Crippen molar-refractivity contribution in [1.29, 1.82) is 0 Å². The normalized spacial score (nSPS) is 12.2. The van der Waals surface area contributed by atoms with Crippen LogP contribution in [-0.2, 0) is 6.42 Å². The van der Waals surface area contributed by atoms with Gasteiger partial charge >= 0.3 is 0 Å². The average Bonchev–Trinajstić information content (AvgIpc) is 2.48. The molecule has 0 spiro atoms. The second-order valence-corrected chi connectivity index (χ2v) is 4.73. The number of hydrogen-bond acceptors (Lipinski definition) is 3. The lowest BCUT2D eigenvalue weighted by molar-refractivity contribution is 0.399. The van der Waals surface area contributed by atoms with Crippen LogP contribution in [0.25, 0.3) is 0 Å². The lowest BCUT2D eigenvalue weighted by Gasteiger charge is -2.20. The molecule has 1 unspecified atom stereocenters. The zero-order valence-electron chi connectivity index (χ0n) is 12.0. The number of methoxy groups -OCH3 is 1. The summed E-state index contributed by atoms with van der Waals surface area (Å²) >= 11 is 0. The summed E-state index contributed by atoms with van der Waals surface area (Å²) in [4.78, 5) is 4.06. The number of aromatic nitrogens is 1. The molecule has 3 nitrogen and oxygen atoms in total. The van der Waals surface area contributed by atoms with Crippen molar-refractivity contribution < 1.29 is 9.13 Å². The summed E-state index contributed by atoms with van der Waals surface area (Å²) in [6, 6.07) is 6.86. The van der Waals surface area contributed by atoms with Crippen LogP contribution in [0, 0.1) is 12.7 Å². The number of benzene rings is 1. The summed E-state index contributed by atoms with van der Waals surface area (Å²) < 4.78 is 18.7. The van der Waals surface area contributed by atoms with E-state index in [1.165, 1.54) is 6.07 Å². The van der Waals surface area contributed by atoms with Gasteiger partial charge in [0.2, 0.25) is 0 Å². The number of nitrogens with zero attached hydrogens (tertiary/aromatic N) is 1. The monoisotopic (exact) mass is 274 g/mol. The molecule has 0 aliphatic rings. The van der Waals surface area contributed by atoms with E-state index in [-0.39, 0.29) is 11.9 Å². The molecule has 0 aliphatic carbocycles. The summed E-state index contributed by atoms with van der Waals surface area (Å²) in [6.45, 7) is 1.99. The lowest BCUT2D eigenvalue weighted by atomic mass is 9.96. The van der Waals surface area contributed by atoms with E-state index >= 15 is 0 Å². The van der Waals surface area contributed by atoms with Gasteiger partial charge in [-0.25, -0.2) is 4.39 Å². The average molecular weight is 274 g/mol. The van der Waals surface area contributed by atoms with Crippen molar-refractivity contribution in [2.45, 2.75) is 19.4 Å². The number of hydrogen-bond donors (Lipinski definition) is 1. The van der Waals surface area contributed by atoms with Crippen LogP contribution in [0.4, 0.5) is 4.39 Å². The molecule has 4 heteroatoms. The highest BCUT2D eigenvalue weighted by atomic mass is 19.1. The maximum Gasteiger partial charge on any atom is 0.141 e. The summed E-state index contributed by atoms with van der Waals surface area (Å²) in [5, 5.41) is 3.26. The van der Waals surface area contributed by atoms with Crippen LogP contribution in [0.3, 0.4) is 0 Å². The van der Waals surface area contributed by atoms with Gasteiger partial charge in [0, 0.05) is 17.8 Å². The Hall–Kier alpha value is -1.94. The van der Waals surface area contributed by atoms with Crippen molar-refractivity contribution in [2.75, 3.05) is 14.2 Å². The third-order valence-corrected chi connectivity index (χ3v) is 3.50. The third kappa shape index (κ3) is 3.14. The fourth-order valence-electron chi connectivity index (χ4n) is 2.30. The smallest absolute Gasteiger partial charge is 0.141 e. The molecule has 0 radical (unpaired) electrons. The van der Waals surface area contributed by atoms with Gasteiger partial charge in [0.05, 0.1) is 13.3 Å². The van der Waals surface area contributed by atoms with E-state index in [1.54, 1.807) is 31.6 Å². The Bertz CT molecular complexity index is 586. The topological polar surface area (TPSA) is 34.2 Å². The van der Waals surface area contributed by atoms with Gasteiger partial charge in [0.15, 0.2) is 0 Å². The summed E-state index contributed by atoms with van der Waals surface area (Å²) in [5.74, 6) is 0.531. The second-order valence-electron chi connectivity index (χ2n) is 4.73. The number of aryl methyl sites for hydroxylation is 1. The molecule has 1 aromatic heterocycles. The van der Waals surface area contributed by atoms with Gasteiger partial charge in [-0.2, -0.15) is 0 Å². The van der Waals surface area contributed by atoms with Crippen LogP contribution in [0.15, 0.2) is 36.7 Å². The highest BCUT2D eigenvalue weighted by Crippen LogP contribution is 2.27. The number of halogens is 1. The van der Waals surface area contributed by atoms with Gasteiger partial charge in [-0.3, -0.25) is 4.98 Å². The maximum absolute atomic E-state index is 13.4. The van der Waals surface area contributed by atoms with Crippen molar-refractivity contribution in [2.24, 2.45) is 0 Å². The Morgan fingerprint density at radius 1 is 1.35 bits per heavy atom. The van der Waals surface area contributed by atoms with Crippen molar-refractivity contribution >= 4 is 0 Å². The number of ether oxygens (including phenoxy) is 1. The van der Waals surface area contributed by atoms with Crippen LogP contribution in [0.1, 0.15) is 22.7 Å². The van der Waals surface area contributed by atoms with Gasteiger partial charge in [0.1, 0.15) is 11.6 Å². The van der Waals surface area contributed by atoms with Crippen LogP contribution in [-0.4, -0.2) is 19.1 Å². The van der Waals surface area contributed by atoms with E-state index in [2.05, 4.69) is 10.3 Å². The molecule has 1 N–H and O–H groups in total. The van der Waals surface area contributed by atoms with Crippen LogP contribution in [0.5, 0.6) is 5.75 Å². The van der Waals surface area contributed by atoms with Crippen molar-refractivity contribution in [3.8, 4) is 5.75 Å². The third-order valence-electron chi connectivity index (χ3n) is 3.50. The lowest BCUT2D eigenvalue weighted by Crippen LogP contribution is -2.20. The molecule has 106 valence electrons. The molecule has 0 aliphatic heterocycles. The highest BCUT2D eigenvalue weighted by Gasteiger charge is 2.16. The first-order valence-corrected chi connectivity index (χ1v) is 6.56. The van der Waals surface area contributed by atoms with Crippen LogP contribution in [0.2, 0.25) is 0 Å². The Kier molecular flexibility index (Phi) is 4.69. The Morgan fingerprint density at radius 3 is 2.85 bits per heavy atom. The first-order valence-electron chi connectivity index (χ1n) is 6.56. The minimum atomic E-state index is -0.206. The van der Waals surface area contributed by atoms with E-state index in [4.69, 9.17) is 4.74 Å². The Balaban J connectivity index is 2.31. The van der Waals surface area contributed by atoms with E-state index in [1.807, 2.05) is 20.0 Å². The minimum Gasteiger partial charge on any atom is -0.495 e. The Morgan fingerprint density at radius 2 is 2.15 bits per heavy atom. The zero-order chi connectivity index (χ0) is 14.5. The molecule has 2 aromatic rings. The van der Waals surface area contributed by atoms with Gasteiger partial charge in [-0.15, -0.1) is 0 Å². The van der Waals surface area contributed by atoms with Gasteiger partial charge in [-0.1, -0.05) is 6.07 Å². The first kappa shape index (κ1) is 14.5.